The highest BCUT2D eigenvalue weighted by atomic mass is 32.2. The fourth-order valence-electron chi connectivity index (χ4n) is 3.02. The third-order valence-electron chi connectivity index (χ3n) is 4.63. The van der Waals surface area contributed by atoms with Crippen LogP contribution in [0.2, 0.25) is 0 Å². The number of nitrogens with zero attached hydrogens (tertiary/aromatic N) is 3. The first-order valence-corrected chi connectivity index (χ1v) is 11.0. The number of aromatic nitrogens is 3. The predicted octanol–water partition coefficient (Wildman–Crippen LogP) is 4.36. The molecule has 148 valence electrons. The summed E-state index contributed by atoms with van der Waals surface area (Å²) in [6, 6.07) is 13.3. The van der Waals surface area contributed by atoms with Gasteiger partial charge in [-0.05, 0) is 43.2 Å². The molecule has 1 unspecified atom stereocenters. The molecule has 0 bridgehead atoms. The van der Waals surface area contributed by atoms with Gasteiger partial charge in [0, 0.05) is 7.05 Å². The van der Waals surface area contributed by atoms with Crippen molar-refractivity contribution in [2.75, 3.05) is 5.32 Å². The zero-order valence-electron chi connectivity index (χ0n) is 16.3. The zero-order chi connectivity index (χ0) is 20.5. The van der Waals surface area contributed by atoms with Gasteiger partial charge in [-0.1, -0.05) is 48.2 Å². The monoisotopic (exact) mass is 424 g/mol. The van der Waals surface area contributed by atoms with Crippen LogP contribution in [0.1, 0.15) is 18.9 Å². The van der Waals surface area contributed by atoms with Crippen molar-refractivity contribution in [3.63, 3.8) is 0 Å². The van der Waals surface area contributed by atoms with Gasteiger partial charge in [0.2, 0.25) is 5.91 Å². The molecule has 0 spiro atoms. The quantitative estimate of drug-likeness (QED) is 0.380. The number of amides is 1. The maximum atomic E-state index is 12.9. The highest BCUT2D eigenvalue weighted by Gasteiger charge is 2.22. The van der Waals surface area contributed by atoms with Crippen molar-refractivity contribution in [1.82, 2.24) is 14.5 Å². The number of hydrogen-bond acceptors (Lipinski definition) is 6. The molecule has 0 radical (unpaired) electrons. The van der Waals surface area contributed by atoms with Gasteiger partial charge in [0.1, 0.15) is 0 Å². The highest BCUT2D eigenvalue weighted by Crippen LogP contribution is 2.29. The molecule has 6 nitrogen and oxygen atoms in total. The molecular weight excluding hydrogens is 404 g/mol. The normalized spacial score (nSPS) is 12.4. The van der Waals surface area contributed by atoms with Gasteiger partial charge in [-0.15, -0.1) is 0 Å². The number of nitrogens with one attached hydrogen (secondary N) is 1. The molecule has 0 saturated heterocycles. The molecule has 0 aliphatic heterocycles. The largest absolute Gasteiger partial charge is 0.301 e. The topological polar surface area (TPSA) is 76.9 Å². The lowest BCUT2D eigenvalue weighted by atomic mass is 10.2. The van der Waals surface area contributed by atoms with Crippen molar-refractivity contribution in [2.45, 2.75) is 30.7 Å². The van der Waals surface area contributed by atoms with Crippen LogP contribution in [0.3, 0.4) is 0 Å². The minimum absolute atomic E-state index is 0.116. The van der Waals surface area contributed by atoms with Crippen LogP contribution in [0.4, 0.5) is 5.13 Å². The Labute approximate surface area is 176 Å². The van der Waals surface area contributed by atoms with Crippen molar-refractivity contribution in [1.29, 1.82) is 0 Å². The Bertz CT molecular complexity index is 1280. The van der Waals surface area contributed by atoms with Crippen molar-refractivity contribution >= 4 is 55.3 Å². The van der Waals surface area contributed by atoms with Gasteiger partial charge in [0.25, 0.3) is 5.56 Å². The fourth-order valence-corrected chi connectivity index (χ4v) is 4.97. The minimum Gasteiger partial charge on any atom is -0.301 e. The molecule has 0 aliphatic carbocycles. The second kappa shape index (κ2) is 7.96. The van der Waals surface area contributed by atoms with E-state index in [9.17, 15) is 9.59 Å². The van der Waals surface area contributed by atoms with Gasteiger partial charge < -0.3 is 5.32 Å². The number of benzene rings is 2. The Morgan fingerprint density at radius 2 is 2.00 bits per heavy atom. The molecule has 2 aromatic carbocycles. The van der Waals surface area contributed by atoms with Crippen LogP contribution >= 0.6 is 23.1 Å². The Kier molecular flexibility index (Phi) is 5.38. The molecule has 1 atom stereocenters. The Balaban J connectivity index is 1.58. The molecule has 8 heteroatoms. The maximum Gasteiger partial charge on any atom is 0.261 e. The molecule has 29 heavy (non-hydrogen) atoms. The average molecular weight is 425 g/mol. The maximum absolute atomic E-state index is 12.9. The fraction of sp³-hybridized carbons (Fsp3) is 0.238. The smallest absolute Gasteiger partial charge is 0.261 e. The molecule has 2 heterocycles. The first kappa shape index (κ1) is 19.6. The molecule has 4 aromatic rings. The van der Waals surface area contributed by atoms with Crippen LogP contribution in [0.15, 0.2) is 52.4 Å². The second-order valence-corrected chi connectivity index (χ2v) is 8.97. The van der Waals surface area contributed by atoms with E-state index in [0.29, 0.717) is 27.6 Å². The number of para-hydroxylation sites is 1. The Hall–Kier alpha value is -2.71. The van der Waals surface area contributed by atoms with Crippen LogP contribution in [0.5, 0.6) is 0 Å². The third-order valence-corrected chi connectivity index (χ3v) is 6.97. The summed E-state index contributed by atoms with van der Waals surface area (Å²) >= 11 is 2.76. The number of aryl methyl sites for hydroxylation is 1. The number of fused-ring (bicyclic) bond motifs is 2. The minimum atomic E-state index is -0.386. The van der Waals surface area contributed by atoms with Gasteiger partial charge in [-0.25, -0.2) is 9.97 Å². The van der Waals surface area contributed by atoms with E-state index in [2.05, 4.69) is 21.4 Å². The van der Waals surface area contributed by atoms with Crippen LogP contribution in [0.25, 0.3) is 21.1 Å². The molecule has 1 amide bonds. The van der Waals surface area contributed by atoms with E-state index in [4.69, 9.17) is 0 Å². The van der Waals surface area contributed by atoms with Crippen molar-refractivity contribution < 1.29 is 4.79 Å². The number of thioether (sulfide) groups is 1. The lowest BCUT2D eigenvalue weighted by Gasteiger charge is -2.15. The predicted molar refractivity (Wildman–Crippen MR) is 120 cm³/mol. The van der Waals surface area contributed by atoms with Crippen molar-refractivity contribution in [3.05, 3.63) is 58.4 Å². The summed E-state index contributed by atoms with van der Waals surface area (Å²) in [7, 11) is 1.69. The van der Waals surface area contributed by atoms with Gasteiger partial charge in [-0.3, -0.25) is 14.2 Å². The summed E-state index contributed by atoms with van der Waals surface area (Å²) in [6.45, 7) is 3.97. The number of anilines is 1. The van der Waals surface area contributed by atoms with Gasteiger partial charge >= 0.3 is 0 Å². The summed E-state index contributed by atoms with van der Waals surface area (Å²) in [4.78, 5) is 34.6. The van der Waals surface area contributed by atoms with E-state index in [1.807, 2.05) is 44.2 Å². The zero-order valence-corrected chi connectivity index (χ0v) is 17.9. The summed E-state index contributed by atoms with van der Waals surface area (Å²) in [5.74, 6) is -0.143. The molecule has 0 aliphatic rings. The van der Waals surface area contributed by atoms with Crippen LogP contribution < -0.4 is 10.9 Å². The molecular formula is C21H20N4O2S2. The molecule has 0 saturated carbocycles. The van der Waals surface area contributed by atoms with Crippen molar-refractivity contribution in [2.24, 2.45) is 7.05 Å². The lowest BCUT2D eigenvalue weighted by molar-refractivity contribution is -0.115. The lowest BCUT2D eigenvalue weighted by Crippen LogP contribution is -2.27. The van der Waals surface area contributed by atoms with Crippen LogP contribution in [-0.4, -0.2) is 25.7 Å². The summed E-state index contributed by atoms with van der Waals surface area (Å²) in [6.07, 6.45) is 0.600. The van der Waals surface area contributed by atoms with Gasteiger partial charge in [0.05, 0.1) is 26.4 Å². The van der Waals surface area contributed by atoms with E-state index in [1.54, 1.807) is 13.1 Å². The second-order valence-electron chi connectivity index (χ2n) is 6.77. The number of carbonyl (C=O) groups excluding carboxylic acids is 1. The molecule has 2 aromatic heterocycles. The number of rotatable bonds is 5. The van der Waals surface area contributed by atoms with E-state index < -0.39 is 0 Å². The van der Waals surface area contributed by atoms with Gasteiger partial charge in [0.15, 0.2) is 10.3 Å². The summed E-state index contributed by atoms with van der Waals surface area (Å²) in [5, 5.41) is 4.21. The molecule has 0 fully saturated rings. The SMILES string of the molecule is CCC(Sc1nc2ccccc2c(=O)n1C)C(=O)Nc1nc2ccc(C)cc2s1. The first-order chi connectivity index (χ1) is 14.0. The van der Waals surface area contributed by atoms with E-state index in [-0.39, 0.29) is 16.7 Å². The van der Waals surface area contributed by atoms with Crippen molar-refractivity contribution in [3.8, 4) is 0 Å². The standard InChI is InChI=1S/C21H20N4O2S2/c1-4-16(18(26)24-20-22-15-10-9-12(2)11-17(15)28-20)29-21-23-14-8-6-5-7-13(14)19(27)25(21)3/h5-11,16H,4H2,1-3H3,(H,22,24,26). The Morgan fingerprint density at radius 1 is 1.21 bits per heavy atom. The number of carbonyl (C=O) groups is 1. The van der Waals surface area contributed by atoms with E-state index >= 15 is 0 Å². The molecule has 1 N–H and O–H groups in total. The number of thiazole rings is 1. The first-order valence-electron chi connectivity index (χ1n) is 9.26. The average Bonchev–Trinajstić information content (AvgIpc) is 3.10. The van der Waals surface area contributed by atoms with E-state index in [1.165, 1.54) is 27.7 Å². The van der Waals surface area contributed by atoms with Crippen LogP contribution in [-0.2, 0) is 11.8 Å². The van der Waals surface area contributed by atoms with Gasteiger partial charge in [-0.2, -0.15) is 0 Å². The Morgan fingerprint density at radius 3 is 2.79 bits per heavy atom. The van der Waals surface area contributed by atoms with E-state index in [0.717, 1.165) is 15.8 Å². The third kappa shape index (κ3) is 3.90. The van der Waals surface area contributed by atoms with Crippen LogP contribution in [0, 0.1) is 6.92 Å². The molecule has 4 rings (SSSR count). The number of hydrogen-bond donors (Lipinski definition) is 1. The highest BCUT2D eigenvalue weighted by molar-refractivity contribution is 8.00. The summed E-state index contributed by atoms with van der Waals surface area (Å²) in [5.41, 5.74) is 2.55. The summed E-state index contributed by atoms with van der Waals surface area (Å²) < 4.78 is 2.54.